The lowest BCUT2D eigenvalue weighted by molar-refractivity contribution is -0.00210. The van der Waals surface area contributed by atoms with Gasteiger partial charge >= 0.3 is 0 Å². The standard InChI is InChI=1S/C20H22N2O4/c23-16-10-18(24)21-12-14(16)19(25)22-15-11-20(8-4-1-5-9-20)26-17-7-3-2-6-13(15)17/h2-3,6-7,10,12,15H,1,4-5,8-9,11H2,(H,22,25)(H2,21,23,24)/t15-/m1/s1. The van der Waals surface area contributed by atoms with Crippen molar-refractivity contribution in [3.05, 3.63) is 58.0 Å². The van der Waals surface area contributed by atoms with Crippen LogP contribution in [0.1, 0.15) is 60.5 Å². The zero-order valence-electron chi connectivity index (χ0n) is 14.5. The summed E-state index contributed by atoms with van der Waals surface area (Å²) in [7, 11) is 0. The second kappa shape index (κ2) is 6.52. The van der Waals surface area contributed by atoms with Gasteiger partial charge in [0, 0.05) is 24.2 Å². The summed E-state index contributed by atoms with van der Waals surface area (Å²) in [5.41, 5.74) is 0.321. The summed E-state index contributed by atoms with van der Waals surface area (Å²) in [6.45, 7) is 0. The second-order valence-corrected chi connectivity index (χ2v) is 7.21. The van der Waals surface area contributed by atoms with Gasteiger partial charge in [-0.15, -0.1) is 0 Å². The molecular weight excluding hydrogens is 332 g/mol. The van der Waals surface area contributed by atoms with Gasteiger partial charge in [-0.1, -0.05) is 24.6 Å². The van der Waals surface area contributed by atoms with Crippen LogP contribution in [0.2, 0.25) is 0 Å². The van der Waals surface area contributed by atoms with Crippen LogP contribution in [0, 0.1) is 0 Å². The lowest BCUT2D eigenvalue weighted by Crippen LogP contribution is -2.46. The topological polar surface area (TPSA) is 91.4 Å². The molecule has 0 saturated heterocycles. The van der Waals surface area contributed by atoms with Crippen molar-refractivity contribution in [1.29, 1.82) is 0 Å². The third-order valence-electron chi connectivity index (χ3n) is 5.41. The van der Waals surface area contributed by atoms with E-state index >= 15 is 0 Å². The molecule has 1 aliphatic carbocycles. The van der Waals surface area contributed by atoms with E-state index in [-0.39, 0.29) is 23.0 Å². The van der Waals surface area contributed by atoms with E-state index in [1.165, 1.54) is 12.6 Å². The number of nitrogens with one attached hydrogen (secondary N) is 2. The molecule has 0 bridgehead atoms. The van der Waals surface area contributed by atoms with Crippen molar-refractivity contribution in [3.63, 3.8) is 0 Å². The number of H-pyrrole nitrogens is 1. The zero-order chi connectivity index (χ0) is 18.1. The zero-order valence-corrected chi connectivity index (χ0v) is 14.5. The normalized spacial score (nSPS) is 20.8. The fourth-order valence-corrected chi connectivity index (χ4v) is 4.13. The number of rotatable bonds is 2. The van der Waals surface area contributed by atoms with E-state index in [9.17, 15) is 14.7 Å². The minimum absolute atomic E-state index is 0.0614. The number of aromatic hydroxyl groups is 1. The lowest BCUT2D eigenvalue weighted by Gasteiger charge is -2.44. The Balaban J connectivity index is 1.63. The molecule has 4 rings (SSSR count). The first-order valence-electron chi connectivity index (χ1n) is 9.07. The SMILES string of the molecule is O=C(N[C@@H]1CC2(CCCCC2)Oc2ccccc21)c1c[nH]c(=O)cc1O. The Morgan fingerprint density at radius 2 is 2.00 bits per heavy atom. The van der Waals surface area contributed by atoms with Crippen molar-refractivity contribution >= 4 is 5.91 Å². The maximum Gasteiger partial charge on any atom is 0.257 e. The molecule has 1 fully saturated rings. The van der Waals surface area contributed by atoms with Gasteiger partial charge in [-0.05, 0) is 31.7 Å². The molecule has 1 aromatic carbocycles. The minimum Gasteiger partial charge on any atom is -0.507 e. The molecule has 2 aromatic rings. The van der Waals surface area contributed by atoms with Crippen molar-refractivity contribution in [3.8, 4) is 11.5 Å². The summed E-state index contributed by atoms with van der Waals surface area (Å²) in [4.78, 5) is 26.4. The van der Waals surface area contributed by atoms with Crippen LogP contribution in [-0.4, -0.2) is 21.6 Å². The summed E-state index contributed by atoms with van der Waals surface area (Å²) in [5, 5.41) is 12.9. The van der Waals surface area contributed by atoms with Crippen LogP contribution in [0.15, 0.2) is 41.3 Å². The molecule has 26 heavy (non-hydrogen) atoms. The van der Waals surface area contributed by atoms with E-state index in [1.807, 2.05) is 24.3 Å². The summed E-state index contributed by atoms with van der Waals surface area (Å²) in [5.74, 6) is 0.0852. The first kappa shape index (κ1) is 16.7. The molecule has 1 aromatic heterocycles. The predicted octanol–water partition coefficient (Wildman–Crippen LogP) is 3.04. The molecule has 1 saturated carbocycles. The first-order chi connectivity index (χ1) is 12.6. The number of benzene rings is 1. The van der Waals surface area contributed by atoms with Gasteiger partial charge < -0.3 is 20.1 Å². The highest BCUT2D eigenvalue weighted by atomic mass is 16.5. The molecule has 0 radical (unpaired) electrons. The summed E-state index contributed by atoms with van der Waals surface area (Å²) < 4.78 is 6.37. The van der Waals surface area contributed by atoms with Gasteiger partial charge in [0.25, 0.3) is 11.5 Å². The Bertz CT molecular complexity index is 883. The first-order valence-corrected chi connectivity index (χ1v) is 9.07. The van der Waals surface area contributed by atoms with Crippen molar-refractivity contribution in [1.82, 2.24) is 10.3 Å². The number of carbonyl (C=O) groups excluding carboxylic acids is 1. The fourth-order valence-electron chi connectivity index (χ4n) is 4.13. The quantitative estimate of drug-likeness (QED) is 0.773. The molecule has 1 aliphatic heterocycles. The van der Waals surface area contributed by atoms with Gasteiger partial charge in [-0.25, -0.2) is 0 Å². The van der Waals surface area contributed by atoms with Crippen LogP contribution < -0.4 is 15.6 Å². The Morgan fingerprint density at radius 3 is 2.77 bits per heavy atom. The molecule has 6 nitrogen and oxygen atoms in total. The molecule has 0 unspecified atom stereocenters. The molecule has 3 N–H and O–H groups in total. The van der Waals surface area contributed by atoms with E-state index in [2.05, 4.69) is 10.3 Å². The molecule has 2 heterocycles. The molecular formula is C20H22N2O4. The number of ether oxygens (including phenoxy) is 1. The minimum atomic E-state index is -0.448. The molecule has 1 atom stereocenters. The van der Waals surface area contributed by atoms with Gasteiger partial charge in [-0.3, -0.25) is 9.59 Å². The number of aromatic amines is 1. The van der Waals surface area contributed by atoms with Gasteiger partial charge in [0.1, 0.15) is 17.1 Å². The number of pyridine rings is 1. The smallest absolute Gasteiger partial charge is 0.257 e. The molecule has 1 amide bonds. The Labute approximate surface area is 151 Å². The van der Waals surface area contributed by atoms with E-state index in [1.54, 1.807) is 0 Å². The summed E-state index contributed by atoms with van der Waals surface area (Å²) in [6.07, 6.45) is 7.39. The second-order valence-electron chi connectivity index (χ2n) is 7.21. The number of hydrogen-bond acceptors (Lipinski definition) is 4. The highest BCUT2D eigenvalue weighted by Gasteiger charge is 2.42. The van der Waals surface area contributed by atoms with Gasteiger partial charge in [-0.2, -0.15) is 0 Å². The van der Waals surface area contributed by atoms with Crippen LogP contribution in [0.25, 0.3) is 0 Å². The Kier molecular flexibility index (Phi) is 4.18. The summed E-state index contributed by atoms with van der Waals surface area (Å²) >= 11 is 0. The van der Waals surface area contributed by atoms with E-state index in [0.29, 0.717) is 6.42 Å². The number of aromatic nitrogens is 1. The third kappa shape index (κ3) is 3.07. The molecule has 136 valence electrons. The van der Waals surface area contributed by atoms with Crippen LogP contribution in [0.3, 0.4) is 0 Å². The van der Waals surface area contributed by atoms with E-state index in [4.69, 9.17) is 4.74 Å². The van der Waals surface area contributed by atoms with Crippen LogP contribution in [-0.2, 0) is 0 Å². The van der Waals surface area contributed by atoms with Gasteiger partial charge in [0.05, 0.1) is 11.6 Å². The Morgan fingerprint density at radius 1 is 1.23 bits per heavy atom. The maximum absolute atomic E-state index is 12.7. The van der Waals surface area contributed by atoms with Crippen molar-refractivity contribution in [2.24, 2.45) is 0 Å². The fraction of sp³-hybridized carbons (Fsp3) is 0.400. The lowest BCUT2D eigenvalue weighted by atomic mass is 9.77. The van der Waals surface area contributed by atoms with Crippen LogP contribution in [0.4, 0.5) is 0 Å². The van der Waals surface area contributed by atoms with Crippen molar-refractivity contribution in [2.45, 2.75) is 50.2 Å². The highest BCUT2D eigenvalue weighted by molar-refractivity contribution is 5.96. The van der Waals surface area contributed by atoms with E-state index in [0.717, 1.165) is 43.1 Å². The average molecular weight is 354 g/mol. The van der Waals surface area contributed by atoms with Crippen LogP contribution in [0.5, 0.6) is 11.5 Å². The number of hydrogen-bond donors (Lipinski definition) is 3. The maximum atomic E-state index is 12.7. The average Bonchev–Trinajstić information content (AvgIpc) is 2.62. The van der Waals surface area contributed by atoms with Crippen molar-refractivity contribution < 1.29 is 14.6 Å². The monoisotopic (exact) mass is 354 g/mol. The molecule has 2 aliphatic rings. The van der Waals surface area contributed by atoms with Gasteiger partial charge in [0.2, 0.25) is 0 Å². The van der Waals surface area contributed by atoms with E-state index < -0.39 is 11.5 Å². The summed E-state index contributed by atoms with van der Waals surface area (Å²) in [6, 6.07) is 8.59. The Hall–Kier alpha value is -2.76. The van der Waals surface area contributed by atoms with Crippen molar-refractivity contribution in [2.75, 3.05) is 0 Å². The number of amides is 1. The number of fused-ring (bicyclic) bond motifs is 1. The molecule has 6 heteroatoms. The highest BCUT2D eigenvalue weighted by Crippen LogP contribution is 2.46. The number of carbonyl (C=O) groups is 1. The third-order valence-corrected chi connectivity index (χ3v) is 5.41. The van der Waals surface area contributed by atoms with Gasteiger partial charge in [0.15, 0.2) is 0 Å². The molecule has 1 spiro atoms. The largest absolute Gasteiger partial charge is 0.507 e. The predicted molar refractivity (Wildman–Crippen MR) is 96.4 cm³/mol. The van der Waals surface area contributed by atoms with Crippen LogP contribution >= 0.6 is 0 Å². The number of para-hydroxylation sites is 1.